The van der Waals surface area contributed by atoms with Crippen LogP contribution in [0.3, 0.4) is 0 Å². The lowest BCUT2D eigenvalue weighted by Gasteiger charge is -2.26. The van der Waals surface area contributed by atoms with Crippen LogP contribution in [0.4, 0.5) is 0 Å². The van der Waals surface area contributed by atoms with E-state index in [2.05, 4.69) is 48.1 Å². The second kappa shape index (κ2) is 7.38. The van der Waals surface area contributed by atoms with Crippen LogP contribution < -0.4 is 10.9 Å². The maximum atomic E-state index is 13.0. The summed E-state index contributed by atoms with van der Waals surface area (Å²) < 4.78 is 1.15. The Bertz CT molecular complexity index is 919. The van der Waals surface area contributed by atoms with E-state index in [9.17, 15) is 4.79 Å². The van der Waals surface area contributed by atoms with Crippen LogP contribution in [-0.4, -0.2) is 28.9 Å². The summed E-state index contributed by atoms with van der Waals surface area (Å²) in [7, 11) is 1.86. The van der Waals surface area contributed by atoms with Crippen molar-refractivity contribution in [3.05, 3.63) is 64.7 Å². The normalized spacial score (nSPS) is 20.7. The molecule has 2 aromatic carbocycles. The van der Waals surface area contributed by atoms with Crippen molar-refractivity contribution in [1.29, 1.82) is 0 Å². The molecule has 4 rings (SSSR count). The maximum absolute atomic E-state index is 13.0. The Hall–Kier alpha value is -2.28. The van der Waals surface area contributed by atoms with Gasteiger partial charge in [-0.1, -0.05) is 42.0 Å². The lowest BCUT2D eigenvalue weighted by molar-refractivity contribution is -0.133. The summed E-state index contributed by atoms with van der Waals surface area (Å²) in [6, 6.07) is 16.4. The molecular weight excluding hydrogens is 356 g/mol. The van der Waals surface area contributed by atoms with E-state index in [1.54, 1.807) is 16.2 Å². The van der Waals surface area contributed by atoms with Gasteiger partial charge in [0.15, 0.2) is 0 Å². The first-order valence-electron chi connectivity index (χ1n) is 9.22. The molecule has 3 atom stereocenters. The van der Waals surface area contributed by atoms with Gasteiger partial charge < -0.3 is 4.90 Å². The number of aromatic nitrogens is 1. The molecule has 140 valence electrons. The van der Waals surface area contributed by atoms with Crippen LogP contribution in [0.2, 0.25) is 0 Å². The molecule has 2 heterocycles. The van der Waals surface area contributed by atoms with Crippen LogP contribution in [0.15, 0.2) is 48.5 Å². The van der Waals surface area contributed by atoms with E-state index in [0.717, 1.165) is 21.6 Å². The molecule has 0 bridgehead atoms. The Morgan fingerprint density at radius 3 is 2.67 bits per heavy atom. The molecule has 5 nitrogen and oxygen atoms in total. The number of fused-ring (bicyclic) bond motifs is 1. The van der Waals surface area contributed by atoms with Crippen LogP contribution >= 0.6 is 11.3 Å². The number of aryl methyl sites for hydroxylation is 1. The van der Waals surface area contributed by atoms with Crippen molar-refractivity contribution in [3.63, 3.8) is 0 Å². The number of para-hydroxylation sites is 1. The van der Waals surface area contributed by atoms with Gasteiger partial charge in [0, 0.05) is 13.1 Å². The van der Waals surface area contributed by atoms with Gasteiger partial charge in [0.25, 0.3) is 0 Å². The highest BCUT2D eigenvalue weighted by atomic mass is 32.1. The van der Waals surface area contributed by atoms with E-state index in [-0.39, 0.29) is 24.0 Å². The first-order chi connectivity index (χ1) is 13.0. The number of nitrogens with zero attached hydrogens (tertiary/aromatic N) is 2. The second-order valence-electron chi connectivity index (χ2n) is 7.19. The van der Waals surface area contributed by atoms with Crippen molar-refractivity contribution in [2.75, 3.05) is 7.05 Å². The van der Waals surface area contributed by atoms with Crippen LogP contribution in [-0.2, 0) is 4.79 Å². The fraction of sp³-hybridized carbons (Fsp3) is 0.333. The highest BCUT2D eigenvalue weighted by Crippen LogP contribution is 2.30. The molecule has 0 saturated carbocycles. The Kier molecular flexibility index (Phi) is 4.95. The van der Waals surface area contributed by atoms with Crippen molar-refractivity contribution in [3.8, 4) is 0 Å². The Morgan fingerprint density at radius 2 is 1.93 bits per heavy atom. The predicted octanol–water partition coefficient (Wildman–Crippen LogP) is 3.73. The third-order valence-corrected chi connectivity index (χ3v) is 6.48. The second-order valence-corrected chi connectivity index (χ2v) is 8.25. The van der Waals surface area contributed by atoms with Gasteiger partial charge >= 0.3 is 0 Å². The standard InChI is InChI=1S/C21H24N4OS/c1-13-8-10-15(11-9-13)17-12-18(24-23-17)21(26)25(3)14(2)20-22-16-6-4-5-7-19(16)27-20/h4-11,14,17-18,23-24H,12H2,1-3H3. The third kappa shape index (κ3) is 3.60. The SMILES string of the molecule is Cc1ccc(C2CC(C(=O)N(C)C(C)c3nc4ccccc4s3)NN2)cc1. The van der Waals surface area contributed by atoms with Crippen molar-refractivity contribution < 1.29 is 4.79 Å². The van der Waals surface area contributed by atoms with Crippen LogP contribution in [0.1, 0.15) is 41.6 Å². The van der Waals surface area contributed by atoms with E-state index >= 15 is 0 Å². The molecule has 0 spiro atoms. The average Bonchev–Trinajstić information content (AvgIpc) is 3.34. The van der Waals surface area contributed by atoms with Gasteiger partial charge in [0.05, 0.1) is 16.3 Å². The number of thiazole rings is 1. The summed E-state index contributed by atoms with van der Waals surface area (Å²) in [4.78, 5) is 19.5. The molecule has 1 aliphatic heterocycles. The quantitative estimate of drug-likeness (QED) is 0.724. The number of carbonyl (C=O) groups is 1. The van der Waals surface area contributed by atoms with Gasteiger partial charge in [0.1, 0.15) is 11.0 Å². The molecule has 1 fully saturated rings. The number of rotatable bonds is 4. The summed E-state index contributed by atoms with van der Waals surface area (Å²) in [6.07, 6.45) is 0.735. The number of likely N-dealkylation sites (N-methyl/N-ethyl adjacent to an activating group) is 1. The molecule has 0 radical (unpaired) electrons. The number of benzene rings is 2. The molecule has 1 saturated heterocycles. The van der Waals surface area contributed by atoms with Gasteiger partial charge in [0.2, 0.25) is 5.91 Å². The first kappa shape index (κ1) is 18.1. The lowest BCUT2D eigenvalue weighted by Crippen LogP contribution is -2.44. The summed E-state index contributed by atoms with van der Waals surface area (Å²) in [5.74, 6) is 0.0869. The lowest BCUT2D eigenvalue weighted by atomic mass is 10.0. The smallest absolute Gasteiger partial charge is 0.241 e. The summed E-state index contributed by atoms with van der Waals surface area (Å²) >= 11 is 1.65. The average molecular weight is 381 g/mol. The fourth-order valence-corrected chi connectivity index (χ4v) is 4.47. The Morgan fingerprint density at radius 1 is 1.19 bits per heavy atom. The van der Waals surface area contributed by atoms with Crippen molar-refractivity contribution in [1.82, 2.24) is 20.7 Å². The van der Waals surface area contributed by atoms with Crippen LogP contribution in [0.25, 0.3) is 10.2 Å². The molecule has 0 aliphatic carbocycles. The summed E-state index contributed by atoms with van der Waals surface area (Å²) in [6.45, 7) is 4.12. The van der Waals surface area contributed by atoms with E-state index < -0.39 is 0 Å². The van der Waals surface area contributed by atoms with Crippen molar-refractivity contribution in [2.24, 2.45) is 0 Å². The van der Waals surface area contributed by atoms with Gasteiger partial charge in [-0.2, -0.15) is 0 Å². The maximum Gasteiger partial charge on any atom is 0.241 e. The largest absolute Gasteiger partial charge is 0.335 e. The number of hydrazine groups is 1. The minimum absolute atomic E-state index is 0.0601. The molecule has 3 aromatic rings. The highest BCUT2D eigenvalue weighted by molar-refractivity contribution is 7.18. The number of hydrogen-bond acceptors (Lipinski definition) is 5. The van der Waals surface area contributed by atoms with E-state index in [4.69, 9.17) is 4.98 Å². The number of nitrogens with one attached hydrogen (secondary N) is 2. The Balaban J connectivity index is 1.44. The molecule has 2 N–H and O–H groups in total. The van der Waals surface area contributed by atoms with Gasteiger partial charge in [-0.15, -0.1) is 11.3 Å². The highest BCUT2D eigenvalue weighted by Gasteiger charge is 2.34. The fourth-order valence-electron chi connectivity index (χ4n) is 3.41. The summed E-state index contributed by atoms with van der Waals surface area (Å²) in [5.41, 5.74) is 9.87. The topological polar surface area (TPSA) is 57.3 Å². The molecule has 27 heavy (non-hydrogen) atoms. The monoisotopic (exact) mass is 380 g/mol. The number of hydrogen-bond donors (Lipinski definition) is 2. The van der Waals surface area contributed by atoms with E-state index in [1.165, 1.54) is 11.1 Å². The van der Waals surface area contributed by atoms with Gasteiger partial charge in [-0.05, 0) is 38.0 Å². The minimum atomic E-state index is -0.238. The zero-order valence-corrected chi connectivity index (χ0v) is 16.6. The zero-order chi connectivity index (χ0) is 19.0. The van der Waals surface area contributed by atoms with E-state index in [1.807, 2.05) is 32.2 Å². The molecular formula is C21H24N4OS. The van der Waals surface area contributed by atoms with Crippen molar-refractivity contribution >= 4 is 27.5 Å². The first-order valence-corrected chi connectivity index (χ1v) is 10.0. The van der Waals surface area contributed by atoms with Gasteiger partial charge in [-0.3, -0.25) is 4.79 Å². The van der Waals surface area contributed by atoms with E-state index in [0.29, 0.717) is 0 Å². The van der Waals surface area contributed by atoms with Gasteiger partial charge in [-0.25, -0.2) is 15.8 Å². The van der Waals surface area contributed by atoms with Crippen LogP contribution in [0.5, 0.6) is 0 Å². The molecule has 1 aliphatic rings. The minimum Gasteiger partial charge on any atom is -0.335 e. The zero-order valence-electron chi connectivity index (χ0n) is 15.8. The molecule has 3 unspecified atom stereocenters. The van der Waals surface area contributed by atoms with Crippen LogP contribution in [0, 0.1) is 6.92 Å². The summed E-state index contributed by atoms with van der Waals surface area (Å²) in [5, 5.41) is 0.966. The molecule has 1 amide bonds. The third-order valence-electron chi connectivity index (χ3n) is 5.28. The number of carbonyl (C=O) groups excluding carboxylic acids is 1. The molecule has 1 aromatic heterocycles. The predicted molar refractivity (Wildman–Crippen MR) is 109 cm³/mol. The van der Waals surface area contributed by atoms with Crippen molar-refractivity contribution in [2.45, 2.75) is 38.4 Å². The molecule has 6 heteroatoms. The number of amides is 1. The Labute approximate surface area is 163 Å².